The maximum atomic E-state index is 13.3. The van der Waals surface area contributed by atoms with Gasteiger partial charge in [0.2, 0.25) is 0 Å². The number of fused-ring (bicyclic) bond motifs is 1. The molecule has 0 saturated heterocycles. The molecule has 1 amide bonds. The normalized spacial score (nSPS) is 10.9. The molecule has 0 bridgehead atoms. The van der Waals surface area contributed by atoms with Gasteiger partial charge in [-0.15, -0.1) is 11.8 Å². The number of carbonyl (C=O) groups is 1. The van der Waals surface area contributed by atoms with Crippen molar-refractivity contribution in [2.45, 2.75) is 11.4 Å². The van der Waals surface area contributed by atoms with Crippen molar-refractivity contribution < 1.29 is 4.79 Å². The van der Waals surface area contributed by atoms with Gasteiger partial charge in [-0.25, -0.2) is 4.98 Å². The predicted molar refractivity (Wildman–Crippen MR) is 120 cm³/mol. The molecule has 1 aromatic heterocycles. The average Bonchev–Trinajstić information content (AvgIpc) is 3.15. The zero-order valence-corrected chi connectivity index (χ0v) is 17.5. The van der Waals surface area contributed by atoms with Crippen molar-refractivity contribution in [2.75, 3.05) is 11.2 Å². The van der Waals surface area contributed by atoms with E-state index < -0.39 is 0 Å². The van der Waals surface area contributed by atoms with Crippen molar-refractivity contribution in [1.82, 2.24) is 4.98 Å². The third kappa shape index (κ3) is 4.07. The second kappa shape index (κ2) is 8.35. The molecule has 4 rings (SSSR count). The zero-order valence-electron chi connectivity index (χ0n) is 15.1. The summed E-state index contributed by atoms with van der Waals surface area (Å²) in [6.07, 6.45) is 2.05. The van der Waals surface area contributed by atoms with Gasteiger partial charge in [0.05, 0.1) is 16.8 Å². The van der Waals surface area contributed by atoms with Gasteiger partial charge in [-0.1, -0.05) is 59.3 Å². The summed E-state index contributed by atoms with van der Waals surface area (Å²) in [4.78, 5) is 21.0. The molecule has 0 aliphatic rings. The van der Waals surface area contributed by atoms with Crippen LogP contribution in [0.15, 0.2) is 77.7 Å². The Labute approximate surface area is 177 Å². The minimum atomic E-state index is -0.115. The zero-order chi connectivity index (χ0) is 19.5. The van der Waals surface area contributed by atoms with Crippen molar-refractivity contribution >= 4 is 56.0 Å². The van der Waals surface area contributed by atoms with Gasteiger partial charge in [-0.2, -0.15) is 0 Å². The predicted octanol–water partition coefficient (Wildman–Crippen LogP) is 6.52. The van der Waals surface area contributed by atoms with Gasteiger partial charge in [-0.3, -0.25) is 9.69 Å². The molecule has 3 nitrogen and oxygen atoms in total. The fraction of sp³-hybridized carbons (Fsp3) is 0.0909. The second-order valence-corrected chi connectivity index (χ2v) is 8.54. The van der Waals surface area contributed by atoms with Crippen molar-refractivity contribution in [3.05, 3.63) is 88.9 Å². The Balaban J connectivity index is 1.77. The third-order valence-corrected chi connectivity index (χ3v) is 6.32. The van der Waals surface area contributed by atoms with Crippen LogP contribution >= 0.6 is 34.7 Å². The van der Waals surface area contributed by atoms with E-state index in [1.807, 2.05) is 42.7 Å². The lowest BCUT2D eigenvalue weighted by molar-refractivity contribution is 0.0985. The number of hydrogen-bond donors (Lipinski definition) is 0. The SMILES string of the molecule is CSc1ccc2nc(N(Cc3ccccc3)C(=O)c3cccc(Cl)c3)sc2c1. The van der Waals surface area contributed by atoms with Gasteiger partial charge in [0.1, 0.15) is 0 Å². The Morgan fingerprint density at radius 1 is 1.07 bits per heavy atom. The van der Waals surface area contributed by atoms with Crippen LogP contribution < -0.4 is 4.90 Å². The van der Waals surface area contributed by atoms with E-state index in [1.54, 1.807) is 40.9 Å². The Kier molecular flexibility index (Phi) is 5.67. The van der Waals surface area contributed by atoms with E-state index >= 15 is 0 Å². The highest BCUT2D eigenvalue weighted by Gasteiger charge is 2.22. The number of rotatable bonds is 5. The summed E-state index contributed by atoms with van der Waals surface area (Å²) in [6.45, 7) is 0.446. The minimum absolute atomic E-state index is 0.115. The number of aromatic nitrogens is 1. The summed E-state index contributed by atoms with van der Waals surface area (Å²) in [5, 5.41) is 1.22. The van der Waals surface area contributed by atoms with E-state index in [4.69, 9.17) is 16.6 Å². The summed E-state index contributed by atoms with van der Waals surface area (Å²) in [7, 11) is 0. The Bertz CT molecular complexity index is 1130. The maximum absolute atomic E-state index is 13.3. The van der Waals surface area contributed by atoms with Gasteiger partial charge < -0.3 is 0 Å². The molecule has 0 saturated carbocycles. The van der Waals surface area contributed by atoms with Gasteiger partial charge in [0, 0.05) is 15.5 Å². The third-order valence-electron chi connectivity index (χ3n) is 4.32. The van der Waals surface area contributed by atoms with Crippen LogP contribution in [0.2, 0.25) is 5.02 Å². The van der Waals surface area contributed by atoms with Crippen LogP contribution in [0.4, 0.5) is 5.13 Å². The molecule has 4 aromatic rings. The van der Waals surface area contributed by atoms with Crippen LogP contribution in [0, 0.1) is 0 Å². The van der Waals surface area contributed by atoms with Gasteiger partial charge >= 0.3 is 0 Å². The van der Waals surface area contributed by atoms with Crippen molar-refractivity contribution in [3.63, 3.8) is 0 Å². The Morgan fingerprint density at radius 2 is 1.89 bits per heavy atom. The lowest BCUT2D eigenvalue weighted by Gasteiger charge is -2.20. The number of carbonyl (C=O) groups excluding carboxylic acids is 1. The molecule has 140 valence electrons. The monoisotopic (exact) mass is 424 g/mol. The first-order valence-electron chi connectivity index (χ1n) is 8.70. The smallest absolute Gasteiger partial charge is 0.260 e. The molecule has 1 heterocycles. The average molecular weight is 425 g/mol. The number of benzene rings is 3. The van der Waals surface area contributed by atoms with Crippen molar-refractivity contribution in [2.24, 2.45) is 0 Å². The number of anilines is 1. The van der Waals surface area contributed by atoms with E-state index in [-0.39, 0.29) is 5.91 Å². The van der Waals surface area contributed by atoms with Crippen LogP contribution in [-0.4, -0.2) is 17.1 Å². The fourth-order valence-corrected chi connectivity index (χ4v) is 4.61. The summed E-state index contributed by atoms with van der Waals surface area (Å²) in [6, 6.07) is 23.1. The molecule has 28 heavy (non-hydrogen) atoms. The first kappa shape index (κ1) is 19.0. The van der Waals surface area contributed by atoms with E-state index in [9.17, 15) is 4.79 Å². The molecule has 0 N–H and O–H groups in total. The highest BCUT2D eigenvalue weighted by atomic mass is 35.5. The molecule has 0 unspecified atom stereocenters. The number of nitrogens with zero attached hydrogens (tertiary/aromatic N) is 2. The lowest BCUT2D eigenvalue weighted by Crippen LogP contribution is -2.30. The quantitative estimate of drug-likeness (QED) is 0.342. The fourth-order valence-electron chi connectivity index (χ4n) is 2.90. The molecule has 3 aromatic carbocycles. The van der Waals surface area contributed by atoms with Crippen molar-refractivity contribution in [3.8, 4) is 0 Å². The standard InChI is InChI=1S/C22H17ClN2OS2/c1-27-18-10-11-19-20(13-18)28-22(24-19)25(14-15-6-3-2-4-7-15)21(26)16-8-5-9-17(23)12-16/h2-13H,14H2,1H3. The molecule has 0 radical (unpaired) electrons. The summed E-state index contributed by atoms with van der Waals surface area (Å²) in [5.41, 5.74) is 2.49. The number of thiazole rings is 1. The van der Waals surface area contributed by atoms with Crippen LogP contribution in [0.5, 0.6) is 0 Å². The first-order chi connectivity index (χ1) is 13.6. The van der Waals surface area contributed by atoms with Gasteiger partial charge in [-0.05, 0) is 48.2 Å². The van der Waals surface area contributed by atoms with Crippen molar-refractivity contribution in [1.29, 1.82) is 0 Å². The summed E-state index contributed by atoms with van der Waals surface area (Å²) >= 11 is 9.33. The lowest BCUT2D eigenvalue weighted by atomic mass is 10.1. The van der Waals surface area contributed by atoms with Crippen LogP contribution in [0.3, 0.4) is 0 Å². The molecule has 0 atom stereocenters. The van der Waals surface area contributed by atoms with E-state index in [2.05, 4.69) is 12.1 Å². The Morgan fingerprint density at radius 3 is 2.64 bits per heavy atom. The minimum Gasteiger partial charge on any atom is -0.279 e. The summed E-state index contributed by atoms with van der Waals surface area (Å²) in [5.74, 6) is -0.115. The second-order valence-electron chi connectivity index (χ2n) is 6.22. The van der Waals surface area contributed by atoms with Crippen LogP contribution in [0.25, 0.3) is 10.2 Å². The number of halogens is 1. The highest BCUT2D eigenvalue weighted by molar-refractivity contribution is 7.98. The molecule has 0 spiro atoms. The molecule has 0 fully saturated rings. The highest BCUT2D eigenvalue weighted by Crippen LogP contribution is 2.33. The largest absolute Gasteiger partial charge is 0.279 e. The summed E-state index contributed by atoms with van der Waals surface area (Å²) < 4.78 is 1.07. The number of amides is 1. The van der Waals surface area contributed by atoms with E-state index in [1.165, 1.54) is 16.2 Å². The molecular formula is C22H17ClN2OS2. The van der Waals surface area contributed by atoms with Gasteiger partial charge in [0.25, 0.3) is 5.91 Å². The number of thioether (sulfide) groups is 1. The van der Waals surface area contributed by atoms with E-state index in [0.29, 0.717) is 22.3 Å². The molecule has 6 heteroatoms. The first-order valence-corrected chi connectivity index (χ1v) is 11.1. The number of hydrogen-bond acceptors (Lipinski definition) is 4. The van der Waals surface area contributed by atoms with E-state index in [0.717, 1.165) is 15.8 Å². The topological polar surface area (TPSA) is 33.2 Å². The molecule has 0 aliphatic heterocycles. The molecular weight excluding hydrogens is 408 g/mol. The van der Waals surface area contributed by atoms with Gasteiger partial charge in [0.15, 0.2) is 5.13 Å². The van der Waals surface area contributed by atoms with Crippen LogP contribution in [0.1, 0.15) is 15.9 Å². The Hall–Kier alpha value is -2.34. The van der Waals surface area contributed by atoms with Crippen LogP contribution in [-0.2, 0) is 6.54 Å². The molecule has 0 aliphatic carbocycles. The maximum Gasteiger partial charge on any atom is 0.260 e.